The average molecular weight is 368 g/mol. The molecular weight excluding hydrogens is 354 g/mol. The number of hydrogen-bond donors (Lipinski definition) is 1. The first-order valence-electron chi connectivity index (χ1n) is 7.12. The fraction of sp³-hybridized carbons (Fsp3) is 0.286. The number of benzene rings is 1. The van der Waals surface area contributed by atoms with Crippen molar-refractivity contribution in [2.75, 3.05) is 5.32 Å². The number of aryl methyl sites for hydroxylation is 1. The summed E-state index contributed by atoms with van der Waals surface area (Å²) in [6.07, 6.45) is 0. The fourth-order valence-corrected chi connectivity index (χ4v) is 2.25. The molecule has 1 N–H and O–H groups in total. The average Bonchev–Trinajstić information content (AvgIpc) is 2.90. The van der Waals surface area contributed by atoms with Crippen LogP contribution < -0.4 is 5.32 Å². The van der Waals surface area contributed by atoms with Crippen molar-refractivity contribution in [2.24, 2.45) is 5.92 Å². The van der Waals surface area contributed by atoms with E-state index in [-0.39, 0.29) is 28.8 Å². The van der Waals surface area contributed by atoms with E-state index in [2.05, 4.69) is 10.4 Å². The maximum Gasteiger partial charge on any atom is 0.390 e. The van der Waals surface area contributed by atoms with E-state index >= 15 is 0 Å². The van der Waals surface area contributed by atoms with Crippen LogP contribution in [0.5, 0.6) is 0 Å². The van der Waals surface area contributed by atoms with Gasteiger partial charge in [0.15, 0.2) is 0 Å². The molecule has 10 nitrogen and oxygen atoms in total. The van der Waals surface area contributed by atoms with Gasteiger partial charge in [-0.1, -0.05) is 18.5 Å². The minimum absolute atomic E-state index is 0.109. The molecule has 2 aromatic rings. The molecule has 0 fully saturated rings. The van der Waals surface area contributed by atoms with Gasteiger partial charge < -0.3 is 15.4 Å². The van der Waals surface area contributed by atoms with Gasteiger partial charge in [-0.2, -0.15) is 4.68 Å². The van der Waals surface area contributed by atoms with Crippen molar-refractivity contribution in [2.45, 2.75) is 20.4 Å². The molecule has 1 amide bonds. The van der Waals surface area contributed by atoms with Gasteiger partial charge in [0.2, 0.25) is 5.91 Å². The summed E-state index contributed by atoms with van der Waals surface area (Å²) in [6, 6.07) is 5.02. The van der Waals surface area contributed by atoms with Crippen LogP contribution >= 0.6 is 11.6 Å². The van der Waals surface area contributed by atoms with Crippen LogP contribution in [0.2, 0.25) is 5.02 Å². The van der Waals surface area contributed by atoms with Crippen molar-refractivity contribution in [1.82, 2.24) is 9.78 Å². The van der Waals surface area contributed by atoms with Crippen LogP contribution in [-0.4, -0.2) is 25.5 Å². The lowest BCUT2D eigenvalue weighted by Crippen LogP contribution is -2.25. The van der Waals surface area contributed by atoms with Gasteiger partial charge in [-0.05, 0) is 17.9 Å². The predicted molar refractivity (Wildman–Crippen MR) is 89.5 cm³/mol. The monoisotopic (exact) mass is 367 g/mol. The van der Waals surface area contributed by atoms with E-state index in [1.807, 2.05) is 0 Å². The molecule has 1 aromatic carbocycles. The van der Waals surface area contributed by atoms with Gasteiger partial charge in [0.25, 0.3) is 5.69 Å². The van der Waals surface area contributed by atoms with E-state index in [1.165, 1.54) is 22.9 Å². The minimum atomic E-state index is -0.614. The van der Waals surface area contributed by atoms with Crippen LogP contribution in [0.25, 0.3) is 0 Å². The van der Waals surface area contributed by atoms with Crippen LogP contribution in [0.4, 0.5) is 17.2 Å². The number of carbonyl (C=O) groups excluding carboxylic acids is 1. The van der Waals surface area contributed by atoms with Crippen LogP contribution in [0, 0.1) is 33.1 Å². The van der Waals surface area contributed by atoms with Gasteiger partial charge in [-0.15, -0.1) is 0 Å². The summed E-state index contributed by atoms with van der Waals surface area (Å²) in [7, 11) is 0. The summed E-state index contributed by atoms with van der Waals surface area (Å²) in [5, 5.41) is 28.0. The number of carbonyl (C=O) groups is 1. The SMILES string of the molecule is Cc1cc([N+](=O)[O-])nn1CC(C)C(=O)Nc1cc([N+](=O)[O-])ccc1Cl. The molecule has 132 valence electrons. The lowest BCUT2D eigenvalue weighted by molar-refractivity contribution is -0.389. The third kappa shape index (κ3) is 4.29. The molecule has 1 heterocycles. The van der Waals surface area contributed by atoms with Gasteiger partial charge >= 0.3 is 5.82 Å². The zero-order valence-corrected chi connectivity index (χ0v) is 14.1. The highest BCUT2D eigenvalue weighted by atomic mass is 35.5. The van der Waals surface area contributed by atoms with Crippen LogP contribution in [-0.2, 0) is 11.3 Å². The third-order valence-electron chi connectivity index (χ3n) is 3.47. The van der Waals surface area contributed by atoms with Gasteiger partial charge in [0, 0.05) is 12.1 Å². The molecule has 1 atom stereocenters. The number of nitrogens with zero attached hydrogens (tertiary/aromatic N) is 4. The first-order chi connectivity index (χ1) is 11.7. The van der Waals surface area contributed by atoms with Crippen molar-refractivity contribution in [3.63, 3.8) is 0 Å². The maximum atomic E-state index is 12.3. The smallest absolute Gasteiger partial charge is 0.358 e. The van der Waals surface area contributed by atoms with Gasteiger partial charge in [-0.3, -0.25) is 14.9 Å². The second-order valence-electron chi connectivity index (χ2n) is 5.39. The molecule has 0 saturated carbocycles. The molecule has 1 unspecified atom stereocenters. The Labute approximate surface area is 146 Å². The van der Waals surface area contributed by atoms with Gasteiger partial charge in [0.05, 0.1) is 45.0 Å². The minimum Gasteiger partial charge on any atom is -0.358 e. The maximum absolute atomic E-state index is 12.3. The number of hydrogen-bond acceptors (Lipinski definition) is 6. The Morgan fingerprint density at radius 1 is 1.32 bits per heavy atom. The molecule has 2 rings (SSSR count). The molecule has 0 aliphatic heterocycles. The number of nitro groups is 2. The molecule has 0 spiro atoms. The highest BCUT2D eigenvalue weighted by Gasteiger charge is 2.22. The zero-order chi connectivity index (χ0) is 18.7. The molecule has 0 bridgehead atoms. The number of amides is 1. The van der Waals surface area contributed by atoms with E-state index in [0.717, 1.165) is 6.07 Å². The Kier molecular flexibility index (Phi) is 5.32. The van der Waals surface area contributed by atoms with Crippen molar-refractivity contribution >= 4 is 34.7 Å². The topological polar surface area (TPSA) is 133 Å². The highest BCUT2D eigenvalue weighted by molar-refractivity contribution is 6.33. The standard InChI is InChI=1S/C14H14ClN5O5/c1-8(7-18-9(2)5-13(17-18)20(24)25)14(21)16-12-6-10(19(22)23)3-4-11(12)15/h3-6,8H,7H2,1-2H3,(H,16,21). The summed E-state index contributed by atoms with van der Waals surface area (Å²) in [4.78, 5) is 32.6. The summed E-state index contributed by atoms with van der Waals surface area (Å²) >= 11 is 5.94. The third-order valence-corrected chi connectivity index (χ3v) is 3.80. The summed E-state index contributed by atoms with van der Waals surface area (Å²) < 4.78 is 1.36. The van der Waals surface area contributed by atoms with E-state index in [1.54, 1.807) is 13.8 Å². The van der Waals surface area contributed by atoms with Crippen LogP contribution in [0.1, 0.15) is 12.6 Å². The number of nitrogens with one attached hydrogen (secondary N) is 1. The summed E-state index contributed by atoms with van der Waals surface area (Å²) in [5.41, 5.74) is 0.460. The fourth-order valence-electron chi connectivity index (χ4n) is 2.09. The number of rotatable bonds is 6. The Hall–Kier alpha value is -3.01. The molecule has 0 aliphatic rings. The van der Waals surface area contributed by atoms with Crippen LogP contribution in [0.3, 0.4) is 0 Å². The second-order valence-corrected chi connectivity index (χ2v) is 5.80. The molecule has 0 aliphatic carbocycles. The van der Waals surface area contributed by atoms with Crippen molar-refractivity contribution in [3.8, 4) is 0 Å². The quantitative estimate of drug-likeness (QED) is 0.616. The molecule has 25 heavy (non-hydrogen) atoms. The van der Waals surface area contributed by atoms with Crippen molar-refractivity contribution in [1.29, 1.82) is 0 Å². The lowest BCUT2D eigenvalue weighted by Gasteiger charge is -2.12. The van der Waals surface area contributed by atoms with E-state index < -0.39 is 21.7 Å². The first-order valence-corrected chi connectivity index (χ1v) is 7.50. The largest absolute Gasteiger partial charge is 0.390 e. The molecular formula is C14H14ClN5O5. The van der Waals surface area contributed by atoms with E-state index in [4.69, 9.17) is 11.6 Å². The zero-order valence-electron chi connectivity index (χ0n) is 13.3. The number of halogens is 1. The van der Waals surface area contributed by atoms with E-state index in [9.17, 15) is 25.0 Å². The lowest BCUT2D eigenvalue weighted by atomic mass is 10.1. The molecule has 11 heteroatoms. The first kappa shape index (κ1) is 18.3. The number of anilines is 1. The normalized spacial score (nSPS) is 11.8. The van der Waals surface area contributed by atoms with Gasteiger partial charge in [0.1, 0.15) is 0 Å². The summed E-state index contributed by atoms with van der Waals surface area (Å²) in [6.45, 7) is 3.35. The van der Waals surface area contributed by atoms with Crippen LogP contribution in [0.15, 0.2) is 24.3 Å². The van der Waals surface area contributed by atoms with Crippen molar-refractivity contribution < 1.29 is 14.6 Å². The highest BCUT2D eigenvalue weighted by Crippen LogP contribution is 2.27. The van der Waals surface area contributed by atoms with Gasteiger partial charge in [-0.25, -0.2) is 0 Å². The Bertz CT molecular complexity index is 850. The van der Waals surface area contributed by atoms with E-state index in [0.29, 0.717) is 5.69 Å². The molecule has 0 radical (unpaired) electrons. The second kappa shape index (κ2) is 7.26. The van der Waals surface area contributed by atoms with Crippen molar-refractivity contribution in [3.05, 3.63) is 55.2 Å². The Morgan fingerprint density at radius 3 is 2.56 bits per heavy atom. The molecule has 0 saturated heterocycles. The number of non-ortho nitro benzene ring substituents is 1. The molecule has 1 aromatic heterocycles. The Morgan fingerprint density at radius 2 is 2.00 bits per heavy atom. The predicted octanol–water partition coefficient (Wildman–Crippen LogP) is 2.94. The number of aromatic nitrogens is 2. The Balaban J connectivity index is 2.12. The number of nitro benzene ring substituents is 1. The summed E-state index contributed by atoms with van der Waals surface area (Å²) in [5.74, 6) is -1.35.